The first kappa shape index (κ1) is 13.9. The summed E-state index contributed by atoms with van der Waals surface area (Å²) in [5.41, 5.74) is 0.344. The molecule has 0 saturated heterocycles. The first-order valence-corrected chi connectivity index (χ1v) is 6.56. The average Bonchev–Trinajstić information content (AvgIpc) is 2.74. The molecule has 0 amide bonds. The zero-order valence-corrected chi connectivity index (χ0v) is 11.0. The van der Waals surface area contributed by atoms with E-state index in [0.717, 1.165) is 6.42 Å². The van der Waals surface area contributed by atoms with Gasteiger partial charge in [0.1, 0.15) is 0 Å². The van der Waals surface area contributed by atoms with Crippen LogP contribution in [0.15, 0.2) is 11.4 Å². The Morgan fingerprint density at radius 1 is 1.59 bits per heavy atom. The lowest BCUT2D eigenvalue weighted by Crippen LogP contribution is -2.22. The topological polar surface area (TPSA) is 57.9 Å². The Balaban J connectivity index is 2.78. The number of carbonyl (C=O) groups excluding carboxylic acids is 2. The van der Waals surface area contributed by atoms with Crippen molar-refractivity contribution < 1.29 is 9.59 Å². The minimum absolute atomic E-state index is 0.276. The number of hydrogen-bond donors (Lipinski definition) is 0. The number of ketones is 2. The maximum atomic E-state index is 11.9. The molecule has 5 heteroatoms. The lowest BCUT2D eigenvalue weighted by molar-refractivity contribution is -0.120. The number of thiophene rings is 1. The van der Waals surface area contributed by atoms with Gasteiger partial charge in [-0.2, -0.15) is 5.26 Å². The van der Waals surface area contributed by atoms with Crippen LogP contribution >= 0.6 is 22.9 Å². The lowest BCUT2D eigenvalue weighted by Gasteiger charge is -2.05. The highest BCUT2D eigenvalue weighted by Gasteiger charge is 2.27. The average molecular weight is 270 g/mol. The monoisotopic (exact) mass is 269 g/mol. The second-order valence-electron chi connectivity index (χ2n) is 3.64. The van der Waals surface area contributed by atoms with Gasteiger partial charge in [0.2, 0.25) is 0 Å². The third-order valence-electron chi connectivity index (χ3n) is 2.34. The van der Waals surface area contributed by atoms with Crippen LogP contribution in [0.2, 0.25) is 4.34 Å². The zero-order valence-electron chi connectivity index (χ0n) is 9.40. The third kappa shape index (κ3) is 3.65. The molecule has 3 nitrogen and oxygen atoms in total. The molecule has 17 heavy (non-hydrogen) atoms. The Morgan fingerprint density at radius 3 is 2.76 bits per heavy atom. The molecular formula is C12H12ClNO2S. The van der Waals surface area contributed by atoms with Gasteiger partial charge in [-0.3, -0.25) is 9.59 Å². The van der Waals surface area contributed by atoms with Crippen LogP contribution in [0.1, 0.15) is 36.5 Å². The fraction of sp³-hybridized carbons (Fsp3) is 0.417. The normalized spacial score (nSPS) is 11.8. The number of hydrogen-bond acceptors (Lipinski definition) is 4. The van der Waals surface area contributed by atoms with Gasteiger partial charge in [-0.15, -0.1) is 11.3 Å². The van der Waals surface area contributed by atoms with Crippen LogP contribution < -0.4 is 0 Å². The van der Waals surface area contributed by atoms with Crippen molar-refractivity contribution in [1.82, 2.24) is 0 Å². The van der Waals surface area contributed by atoms with E-state index in [1.54, 1.807) is 11.4 Å². The smallest absolute Gasteiger partial charge is 0.188 e. The van der Waals surface area contributed by atoms with E-state index < -0.39 is 11.7 Å². The molecule has 0 saturated carbocycles. The van der Waals surface area contributed by atoms with Crippen molar-refractivity contribution in [3.8, 4) is 6.07 Å². The number of nitriles is 1. The number of Topliss-reactive ketones (excluding diaryl/α,β-unsaturated/α-hetero) is 2. The molecule has 1 atom stereocenters. The first-order chi connectivity index (χ1) is 8.10. The second kappa shape index (κ2) is 6.53. The first-order valence-electron chi connectivity index (χ1n) is 5.30. The zero-order chi connectivity index (χ0) is 12.8. The van der Waals surface area contributed by atoms with Crippen LogP contribution in [0.25, 0.3) is 0 Å². The maximum Gasteiger partial charge on any atom is 0.188 e. The van der Waals surface area contributed by atoms with Gasteiger partial charge in [-0.25, -0.2) is 0 Å². The van der Waals surface area contributed by atoms with Gasteiger partial charge in [-0.1, -0.05) is 24.9 Å². The molecule has 0 bridgehead atoms. The van der Waals surface area contributed by atoms with Crippen molar-refractivity contribution in [2.45, 2.75) is 26.2 Å². The molecule has 1 unspecified atom stereocenters. The Hall–Kier alpha value is -1.18. The van der Waals surface area contributed by atoms with E-state index in [-0.39, 0.29) is 12.2 Å². The SMILES string of the molecule is CCCCC(=O)C(C#N)C(=O)c1csc(Cl)c1. The van der Waals surface area contributed by atoms with Crippen LogP contribution in [0.3, 0.4) is 0 Å². The van der Waals surface area contributed by atoms with Crippen molar-refractivity contribution in [3.63, 3.8) is 0 Å². The molecule has 0 aliphatic rings. The Kier molecular flexibility index (Phi) is 5.33. The minimum Gasteiger partial charge on any atom is -0.298 e. The number of rotatable bonds is 6. The molecule has 0 aromatic carbocycles. The van der Waals surface area contributed by atoms with E-state index in [2.05, 4.69) is 0 Å². The predicted molar refractivity (Wildman–Crippen MR) is 67.3 cm³/mol. The van der Waals surface area contributed by atoms with Crippen molar-refractivity contribution in [3.05, 3.63) is 21.3 Å². The number of carbonyl (C=O) groups is 2. The molecule has 90 valence electrons. The highest BCUT2D eigenvalue weighted by Crippen LogP contribution is 2.23. The Labute approximate surface area is 109 Å². The van der Waals surface area contributed by atoms with E-state index in [9.17, 15) is 9.59 Å². The highest BCUT2D eigenvalue weighted by atomic mass is 35.5. The summed E-state index contributed by atoms with van der Waals surface area (Å²) in [6.07, 6.45) is 1.84. The van der Waals surface area contributed by atoms with Crippen LogP contribution in [0, 0.1) is 17.2 Å². The summed E-state index contributed by atoms with van der Waals surface area (Å²) < 4.78 is 0.478. The Morgan fingerprint density at radius 2 is 2.29 bits per heavy atom. The highest BCUT2D eigenvalue weighted by molar-refractivity contribution is 7.14. The minimum atomic E-state index is -1.19. The van der Waals surface area contributed by atoms with Gasteiger partial charge in [0.25, 0.3) is 0 Å². The van der Waals surface area contributed by atoms with Crippen molar-refractivity contribution >= 4 is 34.5 Å². The van der Waals surface area contributed by atoms with E-state index in [1.165, 1.54) is 17.4 Å². The number of halogens is 1. The molecule has 0 aliphatic carbocycles. The molecule has 1 heterocycles. The van der Waals surface area contributed by atoms with Crippen LogP contribution in [-0.4, -0.2) is 11.6 Å². The predicted octanol–water partition coefficient (Wildman–Crippen LogP) is 3.48. The molecule has 1 aromatic rings. The summed E-state index contributed by atoms with van der Waals surface area (Å²) in [7, 11) is 0. The van der Waals surface area contributed by atoms with Gasteiger partial charge >= 0.3 is 0 Å². The van der Waals surface area contributed by atoms with Gasteiger partial charge in [0.15, 0.2) is 17.5 Å². The summed E-state index contributed by atoms with van der Waals surface area (Å²) in [5, 5.41) is 10.5. The number of nitrogens with zero attached hydrogens (tertiary/aromatic N) is 1. The van der Waals surface area contributed by atoms with Crippen molar-refractivity contribution in [2.75, 3.05) is 0 Å². The third-order valence-corrected chi connectivity index (χ3v) is 3.43. The Bertz CT molecular complexity index is 461. The fourth-order valence-electron chi connectivity index (χ4n) is 1.38. The van der Waals surface area contributed by atoms with E-state index >= 15 is 0 Å². The summed E-state index contributed by atoms with van der Waals surface area (Å²) in [6, 6.07) is 3.27. The molecule has 0 spiro atoms. The van der Waals surface area contributed by atoms with Gasteiger partial charge in [0, 0.05) is 17.4 Å². The van der Waals surface area contributed by atoms with E-state index in [0.29, 0.717) is 16.3 Å². The quantitative estimate of drug-likeness (QED) is 0.587. The summed E-state index contributed by atoms with van der Waals surface area (Å²) in [5.74, 6) is -1.94. The molecule has 1 rings (SSSR count). The van der Waals surface area contributed by atoms with Crippen molar-refractivity contribution in [1.29, 1.82) is 5.26 Å². The second-order valence-corrected chi connectivity index (χ2v) is 5.18. The van der Waals surface area contributed by atoms with E-state index in [4.69, 9.17) is 16.9 Å². The molecule has 0 fully saturated rings. The lowest BCUT2D eigenvalue weighted by atomic mass is 9.94. The van der Waals surface area contributed by atoms with Gasteiger partial charge < -0.3 is 0 Å². The largest absolute Gasteiger partial charge is 0.298 e. The standard InChI is InChI=1S/C12H12ClNO2S/c1-2-3-4-10(15)9(6-14)12(16)8-5-11(13)17-7-8/h5,7,9H,2-4H2,1H3. The van der Waals surface area contributed by atoms with E-state index in [1.807, 2.05) is 6.92 Å². The molecule has 0 N–H and O–H groups in total. The summed E-state index contributed by atoms with van der Waals surface area (Å²) >= 11 is 6.93. The maximum absolute atomic E-state index is 11.9. The van der Waals surface area contributed by atoms with Crippen LogP contribution in [0.5, 0.6) is 0 Å². The molecule has 0 radical (unpaired) electrons. The van der Waals surface area contributed by atoms with Gasteiger partial charge in [0.05, 0.1) is 10.4 Å². The number of unbranched alkanes of at least 4 members (excludes halogenated alkanes) is 1. The molecule has 1 aromatic heterocycles. The molecule has 0 aliphatic heterocycles. The van der Waals surface area contributed by atoms with Gasteiger partial charge in [-0.05, 0) is 12.5 Å². The fourth-order valence-corrected chi connectivity index (χ4v) is 2.25. The summed E-state index contributed by atoms with van der Waals surface area (Å²) in [6.45, 7) is 1.95. The van der Waals surface area contributed by atoms with Crippen LogP contribution in [0.4, 0.5) is 0 Å². The van der Waals surface area contributed by atoms with Crippen molar-refractivity contribution in [2.24, 2.45) is 5.92 Å². The van der Waals surface area contributed by atoms with Crippen LogP contribution in [-0.2, 0) is 4.79 Å². The molecular weight excluding hydrogens is 258 g/mol. The summed E-state index contributed by atoms with van der Waals surface area (Å²) in [4.78, 5) is 23.6.